The van der Waals surface area contributed by atoms with E-state index in [4.69, 9.17) is 10.3 Å². The lowest BCUT2D eigenvalue weighted by molar-refractivity contribution is 0.0734. The van der Waals surface area contributed by atoms with Crippen LogP contribution in [-0.2, 0) is 19.5 Å². The molecule has 1 aromatic carbocycles. The number of nitrogens with zero attached hydrogens (tertiary/aromatic N) is 2. The van der Waals surface area contributed by atoms with Crippen molar-refractivity contribution in [3.63, 3.8) is 0 Å². The summed E-state index contributed by atoms with van der Waals surface area (Å²) < 4.78 is 18.0. The first-order valence-electron chi connectivity index (χ1n) is 6.40. The lowest BCUT2D eigenvalue weighted by Crippen LogP contribution is -2.36. The number of amides is 1. The van der Waals surface area contributed by atoms with Gasteiger partial charge in [0.15, 0.2) is 5.76 Å². The summed E-state index contributed by atoms with van der Waals surface area (Å²) in [6.45, 7) is 1.27. The van der Waals surface area contributed by atoms with Gasteiger partial charge < -0.3 is 15.2 Å². The number of carbonyl (C=O) groups excluding carboxylic acids is 1. The molecule has 0 saturated heterocycles. The molecular formula is C14H14FN3O2. The quantitative estimate of drug-likeness (QED) is 0.900. The fourth-order valence-electron chi connectivity index (χ4n) is 2.38. The molecule has 1 aliphatic heterocycles. The second kappa shape index (κ2) is 5.05. The largest absolute Gasteiger partial charge is 0.359 e. The van der Waals surface area contributed by atoms with Gasteiger partial charge in [-0.2, -0.15) is 0 Å². The van der Waals surface area contributed by atoms with E-state index in [2.05, 4.69) is 5.16 Å². The van der Waals surface area contributed by atoms with E-state index in [9.17, 15) is 9.18 Å². The molecular weight excluding hydrogens is 261 g/mol. The molecule has 2 aromatic rings. The third-order valence-electron chi connectivity index (χ3n) is 3.48. The topological polar surface area (TPSA) is 72.4 Å². The van der Waals surface area contributed by atoms with Crippen molar-refractivity contribution in [1.29, 1.82) is 0 Å². The molecule has 0 unspecified atom stereocenters. The van der Waals surface area contributed by atoms with Gasteiger partial charge in [-0.05, 0) is 24.3 Å². The monoisotopic (exact) mass is 275 g/mol. The highest BCUT2D eigenvalue weighted by molar-refractivity contribution is 5.94. The average molecular weight is 275 g/mol. The maximum absolute atomic E-state index is 12.9. The van der Waals surface area contributed by atoms with Gasteiger partial charge in [0.2, 0.25) is 0 Å². The van der Waals surface area contributed by atoms with Crippen LogP contribution >= 0.6 is 0 Å². The third-order valence-corrected chi connectivity index (χ3v) is 3.48. The fraction of sp³-hybridized carbons (Fsp3) is 0.286. The second-order valence-corrected chi connectivity index (χ2v) is 4.72. The number of hydrogen-bond acceptors (Lipinski definition) is 4. The number of aromatic nitrogens is 1. The van der Waals surface area contributed by atoms with Crippen LogP contribution in [0, 0.1) is 5.82 Å². The summed E-state index contributed by atoms with van der Waals surface area (Å²) in [5.41, 5.74) is 7.83. The van der Waals surface area contributed by atoms with E-state index < -0.39 is 0 Å². The predicted octanol–water partition coefficient (Wildman–Crippen LogP) is 1.47. The summed E-state index contributed by atoms with van der Waals surface area (Å²) in [5.74, 6) is 0.142. The summed E-state index contributed by atoms with van der Waals surface area (Å²) in [6, 6.07) is 5.55. The summed E-state index contributed by atoms with van der Waals surface area (Å²) in [6.07, 6.45) is 0.645. The number of nitrogens with two attached hydrogens (primary N) is 1. The van der Waals surface area contributed by atoms with Crippen molar-refractivity contribution in [2.24, 2.45) is 5.73 Å². The first-order valence-corrected chi connectivity index (χ1v) is 6.40. The summed E-state index contributed by atoms with van der Waals surface area (Å²) in [4.78, 5) is 14.1. The molecule has 1 aromatic heterocycles. The predicted molar refractivity (Wildman–Crippen MR) is 69.2 cm³/mol. The molecule has 20 heavy (non-hydrogen) atoms. The highest BCUT2D eigenvalue weighted by Gasteiger charge is 2.26. The standard InChI is InChI=1S/C14H14FN3O2/c15-10-3-1-9(2-4-10)14(19)18-6-5-12-11(8-18)13(7-16)20-17-12/h1-4H,5-8,16H2. The maximum atomic E-state index is 12.9. The van der Waals surface area contributed by atoms with Crippen LogP contribution in [0.5, 0.6) is 0 Å². The van der Waals surface area contributed by atoms with Crippen LogP contribution in [0.4, 0.5) is 4.39 Å². The molecule has 5 nitrogen and oxygen atoms in total. The van der Waals surface area contributed by atoms with Gasteiger partial charge in [0, 0.05) is 24.1 Å². The Morgan fingerprint density at radius 3 is 2.85 bits per heavy atom. The second-order valence-electron chi connectivity index (χ2n) is 4.72. The van der Waals surface area contributed by atoms with Gasteiger partial charge in [0.1, 0.15) is 5.82 Å². The Morgan fingerprint density at radius 2 is 2.15 bits per heavy atom. The smallest absolute Gasteiger partial charge is 0.254 e. The van der Waals surface area contributed by atoms with Crippen molar-refractivity contribution in [3.05, 3.63) is 52.7 Å². The van der Waals surface area contributed by atoms with E-state index in [1.807, 2.05) is 0 Å². The minimum absolute atomic E-state index is 0.125. The lowest BCUT2D eigenvalue weighted by Gasteiger charge is -2.26. The third kappa shape index (κ3) is 2.18. The minimum atomic E-state index is -0.355. The van der Waals surface area contributed by atoms with E-state index >= 15 is 0 Å². The van der Waals surface area contributed by atoms with Crippen LogP contribution in [0.2, 0.25) is 0 Å². The molecule has 1 aliphatic rings. The van der Waals surface area contributed by atoms with Crippen molar-refractivity contribution in [2.75, 3.05) is 6.54 Å². The van der Waals surface area contributed by atoms with E-state index in [1.54, 1.807) is 4.90 Å². The number of hydrogen-bond donors (Lipinski definition) is 1. The normalized spacial score (nSPS) is 14.2. The van der Waals surface area contributed by atoms with Gasteiger partial charge in [0.25, 0.3) is 5.91 Å². The Kier molecular flexibility index (Phi) is 3.23. The van der Waals surface area contributed by atoms with Crippen molar-refractivity contribution < 1.29 is 13.7 Å². The van der Waals surface area contributed by atoms with E-state index in [1.165, 1.54) is 24.3 Å². The van der Waals surface area contributed by atoms with E-state index in [0.717, 1.165) is 11.3 Å². The van der Waals surface area contributed by atoms with Crippen LogP contribution in [0.15, 0.2) is 28.8 Å². The molecule has 0 aliphatic carbocycles. The molecule has 3 rings (SSSR count). The highest BCUT2D eigenvalue weighted by Crippen LogP contribution is 2.23. The zero-order valence-electron chi connectivity index (χ0n) is 10.8. The van der Waals surface area contributed by atoms with Gasteiger partial charge in [0.05, 0.1) is 18.8 Å². The number of benzene rings is 1. The Bertz CT molecular complexity index is 623. The van der Waals surface area contributed by atoms with Crippen LogP contribution in [0.25, 0.3) is 0 Å². The average Bonchev–Trinajstić information content (AvgIpc) is 2.89. The molecule has 0 bridgehead atoms. The van der Waals surface area contributed by atoms with Gasteiger partial charge in [-0.1, -0.05) is 5.16 Å². The fourth-order valence-corrected chi connectivity index (χ4v) is 2.38. The zero-order valence-corrected chi connectivity index (χ0v) is 10.8. The zero-order chi connectivity index (χ0) is 14.1. The van der Waals surface area contributed by atoms with Crippen molar-refractivity contribution in [3.8, 4) is 0 Å². The molecule has 0 atom stereocenters. The molecule has 0 radical (unpaired) electrons. The highest BCUT2D eigenvalue weighted by atomic mass is 19.1. The molecule has 6 heteroatoms. The van der Waals surface area contributed by atoms with Crippen LogP contribution in [-0.4, -0.2) is 22.5 Å². The Labute approximate surface area is 115 Å². The number of fused-ring (bicyclic) bond motifs is 1. The molecule has 0 spiro atoms. The van der Waals surface area contributed by atoms with Gasteiger partial charge in [-0.25, -0.2) is 4.39 Å². The van der Waals surface area contributed by atoms with Crippen molar-refractivity contribution in [1.82, 2.24) is 10.1 Å². The number of rotatable bonds is 2. The molecule has 2 N–H and O–H groups in total. The summed E-state index contributed by atoms with van der Waals surface area (Å²) in [7, 11) is 0. The van der Waals surface area contributed by atoms with Crippen LogP contribution in [0.3, 0.4) is 0 Å². The molecule has 2 heterocycles. The van der Waals surface area contributed by atoms with Gasteiger partial charge in [-0.15, -0.1) is 0 Å². The Hall–Kier alpha value is -2.21. The SMILES string of the molecule is NCc1onc2c1CN(C(=O)c1ccc(F)cc1)CC2. The molecule has 1 amide bonds. The Morgan fingerprint density at radius 1 is 1.40 bits per heavy atom. The first kappa shape index (κ1) is 12.8. The molecule has 0 fully saturated rings. The molecule has 104 valence electrons. The molecule has 0 saturated carbocycles. The minimum Gasteiger partial charge on any atom is -0.359 e. The van der Waals surface area contributed by atoms with Crippen molar-refractivity contribution in [2.45, 2.75) is 19.5 Å². The first-order chi connectivity index (χ1) is 9.69. The van der Waals surface area contributed by atoms with Gasteiger partial charge in [-0.3, -0.25) is 4.79 Å². The van der Waals surface area contributed by atoms with Crippen molar-refractivity contribution >= 4 is 5.91 Å². The summed E-state index contributed by atoms with van der Waals surface area (Å²) in [5, 5.41) is 3.96. The summed E-state index contributed by atoms with van der Waals surface area (Å²) >= 11 is 0. The Balaban J connectivity index is 1.82. The maximum Gasteiger partial charge on any atom is 0.254 e. The lowest BCUT2D eigenvalue weighted by atomic mass is 10.0. The van der Waals surface area contributed by atoms with E-state index in [0.29, 0.717) is 30.8 Å². The van der Waals surface area contributed by atoms with Crippen LogP contribution < -0.4 is 5.73 Å². The van der Waals surface area contributed by atoms with Crippen LogP contribution in [0.1, 0.15) is 27.4 Å². The number of carbonyl (C=O) groups is 1. The van der Waals surface area contributed by atoms with E-state index in [-0.39, 0.29) is 18.3 Å². The number of halogens is 1. The van der Waals surface area contributed by atoms with Gasteiger partial charge >= 0.3 is 0 Å².